The Morgan fingerprint density at radius 3 is 3.00 bits per heavy atom. The second-order valence-electron chi connectivity index (χ2n) is 5.69. The average Bonchev–Trinajstić information content (AvgIpc) is 3.07. The van der Waals surface area contributed by atoms with Crippen LogP contribution in [0, 0.1) is 5.92 Å². The molecule has 24 heavy (non-hydrogen) atoms. The van der Waals surface area contributed by atoms with E-state index >= 15 is 0 Å². The number of nitrogens with two attached hydrogens (primary N) is 1. The maximum Gasteiger partial charge on any atom is 0.338 e. The van der Waals surface area contributed by atoms with Gasteiger partial charge in [0.05, 0.1) is 27.2 Å². The van der Waals surface area contributed by atoms with Crippen LogP contribution < -0.4 is 5.73 Å². The number of nitrogens with zero attached hydrogens (tertiary/aromatic N) is 2. The molecule has 7 nitrogen and oxygen atoms in total. The third kappa shape index (κ3) is 3.53. The zero-order chi connectivity index (χ0) is 17.1. The molecule has 2 amide bonds. The SMILES string of the molecule is NC(=O)[C@@H]1CCCN(C(=O)COC(=O)c2ccc3ncsc3c2)C1. The Bertz CT molecular complexity index is 788. The van der Waals surface area contributed by atoms with Crippen LogP contribution >= 0.6 is 11.3 Å². The topological polar surface area (TPSA) is 103 Å². The van der Waals surface area contributed by atoms with Gasteiger partial charge in [0.25, 0.3) is 5.91 Å². The summed E-state index contributed by atoms with van der Waals surface area (Å²) in [5, 5.41) is 0. The molecular formula is C16H17N3O4S. The number of hydrogen-bond donors (Lipinski definition) is 1. The number of thiazole rings is 1. The molecule has 0 unspecified atom stereocenters. The zero-order valence-electron chi connectivity index (χ0n) is 12.9. The van der Waals surface area contributed by atoms with Gasteiger partial charge in [0, 0.05) is 13.1 Å². The summed E-state index contributed by atoms with van der Waals surface area (Å²) in [6.45, 7) is 0.497. The average molecular weight is 347 g/mol. The third-order valence-electron chi connectivity index (χ3n) is 4.07. The Morgan fingerprint density at radius 2 is 2.21 bits per heavy atom. The molecule has 1 aliphatic heterocycles. The molecule has 2 N–H and O–H groups in total. The van der Waals surface area contributed by atoms with Gasteiger partial charge in [-0.2, -0.15) is 0 Å². The van der Waals surface area contributed by atoms with E-state index in [1.54, 1.807) is 23.7 Å². The summed E-state index contributed by atoms with van der Waals surface area (Å²) in [7, 11) is 0. The first-order valence-corrected chi connectivity index (χ1v) is 8.50. The monoisotopic (exact) mass is 347 g/mol. The summed E-state index contributed by atoms with van der Waals surface area (Å²) >= 11 is 1.43. The number of benzene rings is 1. The van der Waals surface area contributed by atoms with Gasteiger partial charge in [-0.1, -0.05) is 0 Å². The molecule has 2 heterocycles. The minimum atomic E-state index is -0.554. The second kappa shape index (κ2) is 6.96. The zero-order valence-corrected chi connectivity index (χ0v) is 13.8. The lowest BCUT2D eigenvalue weighted by atomic mass is 9.97. The van der Waals surface area contributed by atoms with E-state index < -0.39 is 11.9 Å². The van der Waals surface area contributed by atoms with E-state index in [-0.39, 0.29) is 18.4 Å². The number of piperidine rings is 1. The molecule has 1 aromatic carbocycles. The quantitative estimate of drug-likeness (QED) is 0.837. The number of esters is 1. The minimum absolute atomic E-state index is 0.290. The number of fused-ring (bicyclic) bond motifs is 1. The van der Waals surface area contributed by atoms with Gasteiger partial charge in [-0.25, -0.2) is 9.78 Å². The largest absolute Gasteiger partial charge is 0.452 e. The van der Waals surface area contributed by atoms with Gasteiger partial charge in [-0.3, -0.25) is 9.59 Å². The molecule has 1 aromatic heterocycles. The third-order valence-corrected chi connectivity index (χ3v) is 4.86. The lowest BCUT2D eigenvalue weighted by molar-refractivity contribution is -0.137. The fourth-order valence-corrected chi connectivity index (χ4v) is 3.44. The van der Waals surface area contributed by atoms with E-state index in [2.05, 4.69) is 4.98 Å². The predicted molar refractivity (Wildman–Crippen MR) is 88.4 cm³/mol. The smallest absolute Gasteiger partial charge is 0.338 e. The van der Waals surface area contributed by atoms with Crippen molar-refractivity contribution in [2.45, 2.75) is 12.8 Å². The normalized spacial score (nSPS) is 17.7. The van der Waals surface area contributed by atoms with Crippen LogP contribution in [0.15, 0.2) is 23.7 Å². The number of primary amides is 1. The first-order valence-electron chi connectivity index (χ1n) is 7.62. The van der Waals surface area contributed by atoms with Crippen LogP contribution in [-0.2, 0) is 14.3 Å². The summed E-state index contributed by atoms with van der Waals surface area (Å²) in [6, 6.07) is 5.06. The lowest BCUT2D eigenvalue weighted by Crippen LogP contribution is -2.45. The van der Waals surface area contributed by atoms with Crippen molar-refractivity contribution in [2.24, 2.45) is 11.7 Å². The number of likely N-dealkylation sites (tertiary alicyclic amines) is 1. The highest BCUT2D eigenvalue weighted by atomic mass is 32.1. The van der Waals surface area contributed by atoms with Crippen molar-refractivity contribution in [3.63, 3.8) is 0 Å². The number of ether oxygens (including phenoxy) is 1. The van der Waals surface area contributed by atoms with E-state index in [0.717, 1.165) is 16.6 Å². The van der Waals surface area contributed by atoms with Crippen molar-refractivity contribution in [3.05, 3.63) is 29.3 Å². The maximum absolute atomic E-state index is 12.2. The van der Waals surface area contributed by atoms with Crippen molar-refractivity contribution in [3.8, 4) is 0 Å². The molecule has 0 bridgehead atoms. The molecule has 0 spiro atoms. The van der Waals surface area contributed by atoms with Gasteiger partial charge < -0.3 is 15.4 Å². The number of rotatable bonds is 4. The van der Waals surface area contributed by atoms with Gasteiger partial charge in [0.1, 0.15) is 0 Å². The van der Waals surface area contributed by atoms with Crippen LogP contribution in [0.5, 0.6) is 0 Å². The summed E-state index contributed by atoms with van der Waals surface area (Å²) in [5.74, 6) is -1.59. The lowest BCUT2D eigenvalue weighted by Gasteiger charge is -2.31. The van der Waals surface area contributed by atoms with E-state index in [1.807, 2.05) is 0 Å². The molecule has 1 fully saturated rings. The Balaban J connectivity index is 1.57. The summed E-state index contributed by atoms with van der Waals surface area (Å²) in [4.78, 5) is 41.2. The van der Waals surface area contributed by atoms with Gasteiger partial charge in [-0.15, -0.1) is 11.3 Å². The summed E-state index contributed by atoms with van der Waals surface area (Å²) in [5.41, 5.74) is 8.20. The highest BCUT2D eigenvalue weighted by Crippen LogP contribution is 2.20. The van der Waals surface area contributed by atoms with Crippen molar-refractivity contribution in [1.82, 2.24) is 9.88 Å². The Kier molecular flexibility index (Phi) is 4.75. The van der Waals surface area contributed by atoms with Gasteiger partial charge >= 0.3 is 5.97 Å². The molecule has 8 heteroatoms. The van der Waals surface area contributed by atoms with Crippen LogP contribution in [0.3, 0.4) is 0 Å². The Morgan fingerprint density at radius 1 is 1.38 bits per heavy atom. The van der Waals surface area contributed by atoms with Crippen LogP contribution in [0.2, 0.25) is 0 Å². The first-order chi connectivity index (χ1) is 11.5. The highest BCUT2D eigenvalue weighted by Gasteiger charge is 2.27. The van der Waals surface area contributed by atoms with Crippen molar-refractivity contribution < 1.29 is 19.1 Å². The fourth-order valence-electron chi connectivity index (χ4n) is 2.72. The highest BCUT2D eigenvalue weighted by molar-refractivity contribution is 7.16. The van der Waals surface area contributed by atoms with Crippen molar-refractivity contribution in [2.75, 3.05) is 19.7 Å². The molecule has 0 radical (unpaired) electrons. The van der Waals surface area contributed by atoms with Crippen LogP contribution in [-0.4, -0.2) is 47.4 Å². The first kappa shape index (κ1) is 16.4. The predicted octanol–water partition coefficient (Wildman–Crippen LogP) is 1.18. The number of amides is 2. The maximum atomic E-state index is 12.2. The molecule has 2 aromatic rings. The Hall–Kier alpha value is -2.48. The fraction of sp³-hybridized carbons (Fsp3) is 0.375. The molecule has 0 saturated carbocycles. The summed E-state index contributed by atoms with van der Waals surface area (Å²) in [6.07, 6.45) is 1.41. The Labute approximate surface area is 142 Å². The minimum Gasteiger partial charge on any atom is -0.452 e. The second-order valence-corrected chi connectivity index (χ2v) is 6.58. The van der Waals surface area contributed by atoms with Gasteiger partial charge in [-0.05, 0) is 31.0 Å². The van der Waals surface area contributed by atoms with E-state index in [0.29, 0.717) is 25.1 Å². The molecule has 1 saturated heterocycles. The molecular weight excluding hydrogens is 330 g/mol. The van der Waals surface area contributed by atoms with Crippen LogP contribution in [0.25, 0.3) is 10.2 Å². The van der Waals surface area contributed by atoms with Crippen molar-refractivity contribution in [1.29, 1.82) is 0 Å². The summed E-state index contributed by atoms with van der Waals surface area (Å²) < 4.78 is 5.99. The van der Waals surface area contributed by atoms with Gasteiger partial charge in [0.15, 0.2) is 6.61 Å². The number of carbonyl (C=O) groups is 3. The van der Waals surface area contributed by atoms with Gasteiger partial charge in [0.2, 0.25) is 5.91 Å². The number of carbonyl (C=O) groups excluding carboxylic acids is 3. The van der Waals surface area contributed by atoms with Crippen molar-refractivity contribution >= 4 is 39.3 Å². The molecule has 126 valence electrons. The van der Waals surface area contributed by atoms with E-state index in [4.69, 9.17) is 10.5 Å². The van der Waals surface area contributed by atoms with E-state index in [9.17, 15) is 14.4 Å². The molecule has 1 aliphatic rings. The number of aromatic nitrogens is 1. The van der Waals surface area contributed by atoms with Crippen LogP contribution in [0.4, 0.5) is 0 Å². The molecule has 0 aliphatic carbocycles. The molecule has 1 atom stereocenters. The van der Waals surface area contributed by atoms with Crippen LogP contribution in [0.1, 0.15) is 23.2 Å². The molecule has 3 rings (SSSR count). The number of hydrogen-bond acceptors (Lipinski definition) is 6. The van der Waals surface area contributed by atoms with E-state index in [1.165, 1.54) is 16.2 Å². The standard InChI is InChI=1S/C16H17N3O4S/c17-15(21)11-2-1-5-19(7-11)14(20)8-23-16(22)10-3-4-12-13(6-10)24-9-18-12/h3-4,6,9,11H,1-2,5,7-8H2,(H2,17,21)/t11-/m1/s1.